The fourth-order valence-electron chi connectivity index (χ4n) is 2.88. The van der Waals surface area contributed by atoms with Gasteiger partial charge in [-0.25, -0.2) is 4.79 Å². The van der Waals surface area contributed by atoms with Gasteiger partial charge in [-0.1, -0.05) is 17.7 Å². The van der Waals surface area contributed by atoms with Crippen LogP contribution in [0, 0.1) is 0 Å². The van der Waals surface area contributed by atoms with Crippen molar-refractivity contribution in [2.45, 2.75) is 6.42 Å². The molecule has 1 aromatic carbocycles. The molecule has 0 saturated carbocycles. The van der Waals surface area contributed by atoms with Crippen LogP contribution in [-0.4, -0.2) is 52.5 Å². The second kappa shape index (κ2) is 7.61. The van der Waals surface area contributed by atoms with E-state index in [0.717, 1.165) is 5.56 Å². The number of nitrogens with zero attached hydrogens (tertiary/aromatic N) is 3. The van der Waals surface area contributed by atoms with Crippen LogP contribution in [0.15, 0.2) is 42.7 Å². The van der Waals surface area contributed by atoms with Gasteiger partial charge in [0.05, 0.1) is 6.42 Å². The van der Waals surface area contributed by atoms with Crippen LogP contribution >= 0.6 is 11.6 Å². The molecule has 2 aromatic rings. The highest BCUT2D eigenvalue weighted by Gasteiger charge is 2.24. The zero-order valence-electron chi connectivity index (χ0n) is 14.1. The maximum atomic E-state index is 12.4. The first-order valence-corrected chi connectivity index (χ1v) is 8.59. The van der Waals surface area contributed by atoms with E-state index in [0.29, 0.717) is 43.3 Å². The molecule has 1 fully saturated rings. The van der Waals surface area contributed by atoms with Crippen LogP contribution in [0.25, 0.3) is 0 Å². The molecule has 1 N–H and O–H groups in total. The van der Waals surface area contributed by atoms with Crippen LogP contribution in [0.1, 0.15) is 5.56 Å². The van der Waals surface area contributed by atoms with E-state index in [9.17, 15) is 9.59 Å². The van der Waals surface area contributed by atoms with Crippen LogP contribution < -0.4 is 5.32 Å². The Hall–Kier alpha value is -2.47. The molecule has 0 spiro atoms. The number of amides is 3. The van der Waals surface area contributed by atoms with Gasteiger partial charge < -0.3 is 19.7 Å². The molecular formula is C18H21ClN4O2. The SMILES string of the molecule is Cn1ccc(CC(=O)N2CCN(C(=O)Nc3cccc(Cl)c3)CC2)c1. The largest absolute Gasteiger partial charge is 0.357 e. The third-order valence-electron chi connectivity index (χ3n) is 4.24. The molecule has 2 heterocycles. The number of rotatable bonds is 3. The summed E-state index contributed by atoms with van der Waals surface area (Å²) >= 11 is 5.93. The van der Waals surface area contributed by atoms with Gasteiger partial charge in [-0.3, -0.25) is 4.79 Å². The van der Waals surface area contributed by atoms with Crippen molar-refractivity contribution in [1.29, 1.82) is 0 Å². The van der Waals surface area contributed by atoms with E-state index in [4.69, 9.17) is 11.6 Å². The number of halogens is 1. The molecule has 0 aliphatic carbocycles. The maximum Gasteiger partial charge on any atom is 0.321 e. The van der Waals surface area contributed by atoms with Gasteiger partial charge in [0.15, 0.2) is 0 Å². The standard InChI is InChI=1S/C18H21ClN4O2/c1-21-6-5-14(13-21)11-17(24)22-7-9-23(10-8-22)18(25)20-16-4-2-3-15(19)12-16/h2-6,12-13H,7-11H2,1H3,(H,20,25). The van der Waals surface area contributed by atoms with Gasteiger partial charge in [-0.2, -0.15) is 0 Å². The minimum Gasteiger partial charge on any atom is -0.357 e. The van der Waals surface area contributed by atoms with E-state index < -0.39 is 0 Å². The molecule has 25 heavy (non-hydrogen) atoms. The van der Waals surface area contributed by atoms with Gasteiger partial charge in [-0.15, -0.1) is 0 Å². The van der Waals surface area contributed by atoms with Crippen molar-refractivity contribution in [3.05, 3.63) is 53.3 Å². The van der Waals surface area contributed by atoms with Gasteiger partial charge in [0.25, 0.3) is 0 Å². The number of carbonyl (C=O) groups is 2. The molecule has 0 bridgehead atoms. The summed E-state index contributed by atoms with van der Waals surface area (Å²) in [4.78, 5) is 28.2. The third-order valence-corrected chi connectivity index (χ3v) is 4.48. The molecule has 1 aliphatic rings. The smallest absolute Gasteiger partial charge is 0.321 e. The minimum absolute atomic E-state index is 0.0982. The van der Waals surface area contributed by atoms with Crippen molar-refractivity contribution < 1.29 is 9.59 Å². The monoisotopic (exact) mass is 360 g/mol. The minimum atomic E-state index is -0.169. The van der Waals surface area contributed by atoms with E-state index in [1.165, 1.54) is 0 Å². The van der Waals surface area contributed by atoms with Crippen molar-refractivity contribution in [2.24, 2.45) is 7.05 Å². The summed E-state index contributed by atoms with van der Waals surface area (Å²) in [6, 6.07) is 8.83. The van der Waals surface area contributed by atoms with Crippen LogP contribution in [-0.2, 0) is 18.3 Å². The molecule has 1 aliphatic heterocycles. The van der Waals surface area contributed by atoms with E-state index in [1.807, 2.05) is 35.0 Å². The van der Waals surface area contributed by atoms with Crippen LogP contribution in [0.3, 0.4) is 0 Å². The molecule has 7 heteroatoms. The zero-order chi connectivity index (χ0) is 17.8. The Balaban J connectivity index is 1.49. The van der Waals surface area contributed by atoms with Crippen molar-refractivity contribution in [2.75, 3.05) is 31.5 Å². The molecule has 0 unspecified atom stereocenters. The Morgan fingerprint density at radius 3 is 2.48 bits per heavy atom. The lowest BCUT2D eigenvalue weighted by Crippen LogP contribution is -2.52. The summed E-state index contributed by atoms with van der Waals surface area (Å²) in [6.45, 7) is 2.14. The predicted octanol–water partition coefficient (Wildman–Crippen LogP) is 2.60. The molecule has 0 radical (unpaired) electrons. The Bertz CT molecular complexity index is 766. The highest BCUT2D eigenvalue weighted by atomic mass is 35.5. The second-order valence-electron chi connectivity index (χ2n) is 6.17. The van der Waals surface area contributed by atoms with Gasteiger partial charge in [0.1, 0.15) is 0 Å². The molecule has 3 amide bonds. The predicted molar refractivity (Wildman–Crippen MR) is 97.7 cm³/mol. The lowest BCUT2D eigenvalue weighted by molar-refractivity contribution is -0.131. The van der Waals surface area contributed by atoms with Crippen molar-refractivity contribution >= 4 is 29.2 Å². The molecule has 3 rings (SSSR count). The average molecular weight is 361 g/mol. The van der Waals surface area contributed by atoms with Crippen LogP contribution in [0.5, 0.6) is 0 Å². The summed E-state index contributed by atoms with van der Waals surface area (Å²) in [5, 5.41) is 3.41. The Labute approximate surface area is 152 Å². The summed E-state index contributed by atoms with van der Waals surface area (Å²) in [5.41, 5.74) is 1.67. The fourth-order valence-corrected chi connectivity index (χ4v) is 3.07. The number of nitrogens with one attached hydrogen (secondary N) is 1. The first-order chi connectivity index (χ1) is 12.0. The van der Waals surface area contributed by atoms with E-state index in [1.54, 1.807) is 29.2 Å². The summed E-state index contributed by atoms with van der Waals surface area (Å²) < 4.78 is 1.93. The topological polar surface area (TPSA) is 57.6 Å². The Morgan fingerprint density at radius 2 is 1.84 bits per heavy atom. The highest BCUT2D eigenvalue weighted by molar-refractivity contribution is 6.30. The number of anilines is 1. The van der Waals surface area contributed by atoms with Gasteiger partial charge in [0, 0.05) is 56.3 Å². The number of hydrogen-bond donors (Lipinski definition) is 1. The van der Waals surface area contributed by atoms with Gasteiger partial charge in [0.2, 0.25) is 5.91 Å². The number of aromatic nitrogens is 1. The number of carbonyl (C=O) groups excluding carboxylic acids is 2. The van der Waals surface area contributed by atoms with Crippen LogP contribution in [0.2, 0.25) is 5.02 Å². The zero-order valence-corrected chi connectivity index (χ0v) is 14.9. The normalized spacial score (nSPS) is 14.5. The number of hydrogen-bond acceptors (Lipinski definition) is 2. The number of benzene rings is 1. The molecule has 1 saturated heterocycles. The quantitative estimate of drug-likeness (QED) is 0.914. The first-order valence-electron chi connectivity index (χ1n) is 8.21. The number of urea groups is 1. The van der Waals surface area contributed by atoms with Crippen molar-refractivity contribution in [3.63, 3.8) is 0 Å². The lowest BCUT2D eigenvalue weighted by Gasteiger charge is -2.34. The average Bonchev–Trinajstić information content (AvgIpc) is 3.00. The molecule has 6 nitrogen and oxygen atoms in total. The maximum absolute atomic E-state index is 12.4. The number of piperazine rings is 1. The molecule has 0 atom stereocenters. The Kier molecular flexibility index (Phi) is 5.28. The lowest BCUT2D eigenvalue weighted by atomic mass is 10.2. The number of aryl methyl sites for hydroxylation is 1. The summed E-state index contributed by atoms with van der Waals surface area (Å²) in [7, 11) is 1.94. The Morgan fingerprint density at radius 1 is 1.12 bits per heavy atom. The van der Waals surface area contributed by atoms with E-state index in [-0.39, 0.29) is 11.9 Å². The second-order valence-corrected chi connectivity index (χ2v) is 6.61. The van der Waals surface area contributed by atoms with E-state index in [2.05, 4.69) is 5.32 Å². The van der Waals surface area contributed by atoms with Crippen LogP contribution in [0.4, 0.5) is 10.5 Å². The highest BCUT2D eigenvalue weighted by Crippen LogP contribution is 2.16. The molecular weight excluding hydrogens is 340 g/mol. The first kappa shape index (κ1) is 17.4. The summed E-state index contributed by atoms with van der Waals surface area (Å²) in [5.74, 6) is 0.0982. The molecule has 132 valence electrons. The van der Waals surface area contributed by atoms with Gasteiger partial charge in [-0.05, 0) is 29.8 Å². The van der Waals surface area contributed by atoms with Crippen molar-refractivity contribution in [1.82, 2.24) is 14.4 Å². The summed E-state index contributed by atoms with van der Waals surface area (Å²) in [6.07, 6.45) is 4.28. The fraction of sp³-hybridized carbons (Fsp3) is 0.333. The van der Waals surface area contributed by atoms with E-state index >= 15 is 0 Å². The van der Waals surface area contributed by atoms with Crippen molar-refractivity contribution in [3.8, 4) is 0 Å². The van der Waals surface area contributed by atoms with Gasteiger partial charge >= 0.3 is 6.03 Å². The molecule has 1 aromatic heterocycles. The third kappa shape index (κ3) is 4.54.